The van der Waals surface area contributed by atoms with Crippen LogP contribution >= 0.6 is 0 Å². The molecule has 1 heterocycles. The summed E-state index contributed by atoms with van der Waals surface area (Å²) in [6.45, 7) is 4.46. The molecule has 0 amide bonds. The van der Waals surface area contributed by atoms with E-state index in [-0.39, 0.29) is 18.3 Å². The molecule has 0 N–H and O–H groups in total. The minimum Gasteiger partial charge on any atom is -0.371 e. The average molecular weight is 274 g/mol. The molecule has 0 aliphatic carbocycles. The lowest BCUT2D eigenvalue weighted by Crippen LogP contribution is -2.25. The molecule has 0 unspecified atom stereocenters. The molecule has 19 heavy (non-hydrogen) atoms. The number of ether oxygens (including phenoxy) is 2. The molecule has 1 fully saturated rings. The Morgan fingerprint density at radius 2 is 1.74 bits per heavy atom. The van der Waals surface area contributed by atoms with Crippen LogP contribution in [0.1, 0.15) is 37.0 Å². The van der Waals surface area contributed by atoms with E-state index in [1.165, 1.54) is 12.1 Å². The lowest BCUT2D eigenvalue weighted by molar-refractivity contribution is -0.224. The Morgan fingerprint density at radius 1 is 1.21 bits per heavy atom. The van der Waals surface area contributed by atoms with Crippen LogP contribution in [-0.2, 0) is 9.47 Å². The van der Waals surface area contributed by atoms with Crippen molar-refractivity contribution < 1.29 is 22.6 Å². The molecule has 1 aliphatic rings. The van der Waals surface area contributed by atoms with E-state index in [0.717, 1.165) is 5.56 Å². The summed E-state index contributed by atoms with van der Waals surface area (Å²) in [6, 6.07) is 6.41. The van der Waals surface area contributed by atoms with Crippen LogP contribution in [0.2, 0.25) is 0 Å². The molecule has 2 atom stereocenters. The standard InChI is InChI=1S/C14H17F3O2/c1-9(2)10-3-5-11(6-4-10)13(14(15,16)17)19-8-12-7-18-12/h3-6,9,12-13H,7-8H2,1-2H3/t12-,13-/m0/s1. The molecule has 2 nitrogen and oxygen atoms in total. The van der Waals surface area contributed by atoms with Gasteiger partial charge in [0.25, 0.3) is 0 Å². The highest BCUT2D eigenvalue weighted by molar-refractivity contribution is 5.27. The Morgan fingerprint density at radius 3 is 2.16 bits per heavy atom. The molecule has 0 bridgehead atoms. The summed E-state index contributed by atoms with van der Waals surface area (Å²) < 4.78 is 48.7. The molecule has 0 spiro atoms. The predicted molar refractivity (Wildman–Crippen MR) is 65.0 cm³/mol. The van der Waals surface area contributed by atoms with E-state index in [1.807, 2.05) is 13.8 Å². The van der Waals surface area contributed by atoms with Crippen LogP contribution < -0.4 is 0 Å². The molecular formula is C14H17F3O2. The average Bonchev–Trinajstić information content (AvgIpc) is 3.12. The lowest BCUT2D eigenvalue weighted by Gasteiger charge is -2.21. The lowest BCUT2D eigenvalue weighted by atomic mass is 10.00. The number of hydrogen-bond donors (Lipinski definition) is 0. The molecule has 0 aromatic heterocycles. The summed E-state index contributed by atoms with van der Waals surface area (Å²) >= 11 is 0. The van der Waals surface area contributed by atoms with Gasteiger partial charge in [-0.2, -0.15) is 13.2 Å². The Labute approximate surface area is 110 Å². The van der Waals surface area contributed by atoms with Gasteiger partial charge in [-0.25, -0.2) is 0 Å². The van der Waals surface area contributed by atoms with Gasteiger partial charge in [0.05, 0.1) is 13.2 Å². The van der Waals surface area contributed by atoms with Gasteiger partial charge in [-0.15, -0.1) is 0 Å². The van der Waals surface area contributed by atoms with Crippen LogP contribution in [0.25, 0.3) is 0 Å². The Bertz CT molecular complexity index is 408. The summed E-state index contributed by atoms with van der Waals surface area (Å²) in [5.74, 6) is 0.291. The second kappa shape index (κ2) is 5.51. The Kier molecular flexibility index (Phi) is 4.16. The van der Waals surface area contributed by atoms with Crippen molar-refractivity contribution in [3.63, 3.8) is 0 Å². The summed E-state index contributed by atoms with van der Waals surface area (Å²) in [7, 11) is 0. The summed E-state index contributed by atoms with van der Waals surface area (Å²) in [5.41, 5.74) is 1.15. The number of alkyl halides is 3. The fourth-order valence-electron chi connectivity index (χ4n) is 1.80. The van der Waals surface area contributed by atoms with Crippen molar-refractivity contribution in [3.05, 3.63) is 35.4 Å². The van der Waals surface area contributed by atoms with E-state index < -0.39 is 12.3 Å². The van der Waals surface area contributed by atoms with Crippen LogP contribution in [-0.4, -0.2) is 25.5 Å². The van der Waals surface area contributed by atoms with E-state index in [2.05, 4.69) is 0 Å². The molecule has 2 rings (SSSR count). The number of rotatable bonds is 5. The van der Waals surface area contributed by atoms with Gasteiger partial charge in [0.2, 0.25) is 0 Å². The SMILES string of the molecule is CC(C)c1ccc([C@H](OC[C@@H]2CO2)C(F)(F)F)cc1. The zero-order valence-electron chi connectivity index (χ0n) is 10.9. The van der Waals surface area contributed by atoms with E-state index in [9.17, 15) is 13.2 Å². The minimum atomic E-state index is -4.41. The first kappa shape index (κ1) is 14.3. The van der Waals surface area contributed by atoms with Gasteiger partial charge in [-0.1, -0.05) is 38.1 Å². The van der Waals surface area contributed by atoms with Crippen LogP contribution in [0.5, 0.6) is 0 Å². The van der Waals surface area contributed by atoms with Crippen molar-refractivity contribution in [1.82, 2.24) is 0 Å². The highest BCUT2D eigenvalue weighted by Gasteiger charge is 2.43. The molecule has 1 saturated heterocycles. The highest BCUT2D eigenvalue weighted by atomic mass is 19.4. The Balaban J connectivity index is 2.11. The van der Waals surface area contributed by atoms with Gasteiger partial charge in [0.15, 0.2) is 6.10 Å². The summed E-state index contributed by atoms with van der Waals surface area (Å²) in [4.78, 5) is 0. The zero-order valence-corrected chi connectivity index (χ0v) is 10.9. The quantitative estimate of drug-likeness (QED) is 0.761. The van der Waals surface area contributed by atoms with E-state index >= 15 is 0 Å². The monoisotopic (exact) mass is 274 g/mol. The van der Waals surface area contributed by atoms with E-state index in [4.69, 9.17) is 9.47 Å². The molecule has 0 radical (unpaired) electrons. The molecule has 106 valence electrons. The first-order chi connectivity index (χ1) is 8.88. The number of hydrogen-bond acceptors (Lipinski definition) is 2. The topological polar surface area (TPSA) is 21.8 Å². The third-order valence-corrected chi connectivity index (χ3v) is 3.05. The van der Waals surface area contributed by atoms with E-state index in [0.29, 0.717) is 12.5 Å². The largest absolute Gasteiger partial charge is 0.418 e. The first-order valence-corrected chi connectivity index (χ1v) is 6.27. The van der Waals surface area contributed by atoms with Gasteiger partial charge in [-0.05, 0) is 17.0 Å². The number of epoxide rings is 1. The number of benzene rings is 1. The van der Waals surface area contributed by atoms with Gasteiger partial charge < -0.3 is 9.47 Å². The third-order valence-electron chi connectivity index (χ3n) is 3.05. The smallest absolute Gasteiger partial charge is 0.371 e. The normalized spacial score (nSPS) is 20.6. The van der Waals surface area contributed by atoms with Gasteiger partial charge >= 0.3 is 6.18 Å². The van der Waals surface area contributed by atoms with Gasteiger partial charge in [0.1, 0.15) is 6.10 Å². The second-order valence-corrected chi connectivity index (χ2v) is 5.03. The third kappa shape index (κ3) is 3.94. The fourth-order valence-corrected chi connectivity index (χ4v) is 1.80. The van der Waals surface area contributed by atoms with Crippen molar-refractivity contribution in [2.24, 2.45) is 0 Å². The van der Waals surface area contributed by atoms with Crippen LogP contribution in [0.3, 0.4) is 0 Å². The molecular weight excluding hydrogens is 257 g/mol. The summed E-state index contributed by atoms with van der Waals surface area (Å²) in [5, 5.41) is 0. The molecule has 0 saturated carbocycles. The molecule has 1 aromatic carbocycles. The van der Waals surface area contributed by atoms with Crippen LogP contribution in [0.4, 0.5) is 13.2 Å². The zero-order chi connectivity index (χ0) is 14.0. The fraction of sp³-hybridized carbons (Fsp3) is 0.571. The van der Waals surface area contributed by atoms with Crippen LogP contribution in [0.15, 0.2) is 24.3 Å². The maximum atomic E-state index is 13.0. The predicted octanol–water partition coefficient (Wildman–Crippen LogP) is 3.83. The molecule has 1 aliphatic heterocycles. The van der Waals surface area contributed by atoms with Crippen molar-refractivity contribution in [3.8, 4) is 0 Å². The van der Waals surface area contributed by atoms with Crippen molar-refractivity contribution in [2.45, 2.75) is 38.1 Å². The molecule has 1 aromatic rings. The van der Waals surface area contributed by atoms with E-state index in [1.54, 1.807) is 12.1 Å². The van der Waals surface area contributed by atoms with Gasteiger partial charge in [0, 0.05) is 0 Å². The van der Waals surface area contributed by atoms with Gasteiger partial charge in [-0.3, -0.25) is 0 Å². The highest BCUT2D eigenvalue weighted by Crippen LogP contribution is 2.36. The first-order valence-electron chi connectivity index (χ1n) is 6.27. The van der Waals surface area contributed by atoms with Crippen molar-refractivity contribution in [1.29, 1.82) is 0 Å². The molecule has 5 heteroatoms. The summed E-state index contributed by atoms with van der Waals surface area (Å²) in [6.07, 6.45) is -6.47. The van der Waals surface area contributed by atoms with Crippen molar-refractivity contribution >= 4 is 0 Å². The maximum Gasteiger partial charge on any atom is 0.418 e. The second-order valence-electron chi connectivity index (χ2n) is 5.03. The van der Waals surface area contributed by atoms with Crippen molar-refractivity contribution in [2.75, 3.05) is 13.2 Å². The Hall–Kier alpha value is -1.07. The minimum absolute atomic E-state index is 0.0177. The maximum absolute atomic E-state index is 13.0. The number of halogens is 3. The van der Waals surface area contributed by atoms with Crippen LogP contribution in [0, 0.1) is 0 Å².